The third kappa shape index (κ3) is 5.42. The second kappa shape index (κ2) is 9.19. The van der Waals surface area contributed by atoms with Crippen LogP contribution in [-0.4, -0.2) is 28.5 Å². The summed E-state index contributed by atoms with van der Waals surface area (Å²) in [7, 11) is 0. The highest BCUT2D eigenvalue weighted by molar-refractivity contribution is 7.98. The van der Waals surface area contributed by atoms with Gasteiger partial charge in [-0.05, 0) is 43.4 Å². The maximum atomic E-state index is 12.7. The Hall–Kier alpha value is -0.900. The third-order valence-electron chi connectivity index (χ3n) is 4.34. The fraction of sp³-hybridized carbons (Fsp3) is 0.706. The lowest BCUT2D eigenvalue weighted by Gasteiger charge is -2.25. The molecule has 1 aliphatic rings. The molecule has 0 aliphatic heterocycles. The molecule has 1 saturated carbocycles. The van der Waals surface area contributed by atoms with Gasteiger partial charge in [-0.2, -0.15) is 11.8 Å². The van der Waals surface area contributed by atoms with Crippen molar-refractivity contribution < 1.29 is 4.79 Å². The molecule has 2 rings (SSSR count). The molecular formula is C17H28N2OS. The van der Waals surface area contributed by atoms with E-state index in [9.17, 15) is 4.79 Å². The Labute approximate surface area is 132 Å². The topological polar surface area (TPSA) is 34.0 Å². The van der Waals surface area contributed by atoms with E-state index < -0.39 is 0 Å². The third-order valence-corrected chi connectivity index (χ3v) is 4.98. The molecule has 0 bridgehead atoms. The SMILES string of the molecule is CSCC[C@H](C(=O)NC1CCCCCCC1)n1cccc1. The average molecular weight is 308 g/mol. The first-order chi connectivity index (χ1) is 10.3. The highest BCUT2D eigenvalue weighted by Gasteiger charge is 2.22. The van der Waals surface area contributed by atoms with Gasteiger partial charge < -0.3 is 9.88 Å². The zero-order chi connectivity index (χ0) is 14.9. The normalized spacial score (nSPS) is 18.7. The number of carbonyl (C=O) groups excluding carboxylic acids is 1. The summed E-state index contributed by atoms with van der Waals surface area (Å²) in [6.45, 7) is 0. The molecule has 1 aromatic rings. The van der Waals surface area contributed by atoms with Crippen LogP contribution in [0.4, 0.5) is 0 Å². The van der Waals surface area contributed by atoms with Crippen LogP contribution in [0.3, 0.4) is 0 Å². The second-order valence-corrected chi connectivity index (χ2v) is 6.96. The number of amides is 1. The van der Waals surface area contributed by atoms with Crippen molar-refractivity contribution in [2.24, 2.45) is 0 Å². The van der Waals surface area contributed by atoms with Crippen LogP contribution in [0.25, 0.3) is 0 Å². The first-order valence-corrected chi connectivity index (χ1v) is 9.62. The Kier molecular flexibility index (Phi) is 7.20. The Morgan fingerprint density at radius 2 is 1.81 bits per heavy atom. The van der Waals surface area contributed by atoms with Crippen LogP contribution >= 0.6 is 11.8 Å². The van der Waals surface area contributed by atoms with E-state index in [0.717, 1.165) is 25.0 Å². The lowest BCUT2D eigenvalue weighted by molar-refractivity contribution is -0.125. The van der Waals surface area contributed by atoms with Crippen LogP contribution in [0.15, 0.2) is 24.5 Å². The number of nitrogens with one attached hydrogen (secondary N) is 1. The molecule has 1 atom stereocenters. The molecule has 3 nitrogen and oxygen atoms in total. The van der Waals surface area contributed by atoms with Crippen LogP contribution in [0, 0.1) is 0 Å². The predicted molar refractivity (Wildman–Crippen MR) is 90.7 cm³/mol. The quantitative estimate of drug-likeness (QED) is 0.861. The first kappa shape index (κ1) is 16.5. The summed E-state index contributed by atoms with van der Waals surface area (Å²) >= 11 is 1.80. The number of hydrogen-bond donors (Lipinski definition) is 1. The molecule has 0 aromatic carbocycles. The highest BCUT2D eigenvalue weighted by Crippen LogP contribution is 2.20. The fourth-order valence-electron chi connectivity index (χ4n) is 3.10. The van der Waals surface area contributed by atoms with Crippen LogP contribution in [-0.2, 0) is 4.79 Å². The highest BCUT2D eigenvalue weighted by atomic mass is 32.2. The number of carbonyl (C=O) groups is 1. The predicted octanol–water partition coefficient (Wildman–Crippen LogP) is 4.01. The van der Waals surface area contributed by atoms with E-state index in [1.165, 1.54) is 32.1 Å². The molecule has 0 unspecified atom stereocenters. The van der Waals surface area contributed by atoms with Crippen LogP contribution < -0.4 is 5.32 Å². The molecule has 21 heavy (non-hydrogen) atoms. The average Bonchev–Trinajstić information content (AvgIpc) is 2.96. The maximum absolute atomic E-state index is 12.7. The summed E-state index contributed by atoms with van der Waals surface area (Å²) in [5.74, 6) is 1.21. The number of thioether (sulfide) groups is 1. The van der Waals surface area contributed by atoms with Crippen molar-refractivity contribution in [3.8, 4) is 0 Å². The van der Waals surface area contributed by atoms with Gasteiger partial charge >= 0.3 is 0 Å². The smallest absolute Gasteiger partial charge is 0.243 e. The summed E-state index contributed by atoms with van der Waals surface area (Å²) in [5, 5.41) is 3.31. The second-order valence-electron chi connectivity index (χ2n) is 5.98. The van der Waals surface area contributed by atoms with E-state index in [0.29, 0.717) is 6.04 Å². The van der Waals surface area contributed by atoms with E-state index in [-0.39, 0.29) is 11.9 Å². The molecule has 1 aliphatic carbocycles. The molecular weight excluding hydrogens is 280 g/mol. The summed E-state index contributed by atoms with van der Waals surface area (Å²) < 4.78 is 2.05. The largest absolute Gasteiger partial charge is 0.352 e. The molecule has 118 valence electrons. The Morgan fingerprint density at radius 3 is 2.43 bits per heavy atom. The van der Waals surface area contributed by atoms with E-state index >= 15 is 0 Å². The van der Waals surface area contributed by atoms with Gasteiger partial charge in [0.15, 0.2) is 0 Å². The van der Waals surface area contributed by atoms with Crippen molar-refractivity contribution in [1.29, 1.82) is 0 Å². The van der Waals surface area contributed by atoms with Crippen molar-refractivity contribution in [2.75, 3.05) is 12.0 Å². The van der Waals surface area contributed by atoms with Crippen molar-refractivity contribution in [3.05, 3.63) is 24.5 Å². The van der Waals surface area contributed by atoms with Gasteiger partial charge in [-0.15, -0.1) is 0 Å². The monoisotopic (exact) mass is 308 g/mol. The molecule has 4 heteroatoms. The maximum Gasteiger partial charge on any atom is 0.243 e. The fourth-order valence-corrected chi connectivity index (χ4v) is 3.56. The van der Waals surface area contributed by atoms with Crippen LogP contribution in [0.5, 0.6) is 0 Å². The van der Waals surface area contributed by atoms with E-state index in [1.54, 1.807) is 11.8 Å². The summed E-state index contributed by atoms with van der Waals surface area (Å²) in [6.07, 6.45) is 15.8. The van der Waals surface area contributed by atoms with E-state index in [4.69, 9.17) is 0 Å². The summed E-state index contributed by atoms with van der Waals surface area (Å²) in [6, 6.07) is 4.31. The van der Waals surface area contributed by atoms with Gasteiger partial charge in [-0.1, -0.05) is 32.1 Å². The van der Waals surface area contributed by atoms with Crippen molar-refractivity contribution in [2.45, 2.75) is 63.5 Å². The molecule has 1 N–H and O–H groups in total. The summed E-state index contributed by atoms with van der Waals surface area (Å²) in [5.41, 5.74) is 0. The Bertz CT molecular complexity index is 397. The number of hydrogen-bond acceptors (Lipinski definition) is 2. The van der Waals surface area contributed by atoms with Gasteiger partial charge in [0.05, 0.1) is 0 Å². The molecule has 1 heterocycles. The molecule has 0 spiro atoms. The number of rotatable bonds is 6. The number of aromatic nitrogens is 1. The lowest BCUT2D eigenvalue weighted by atomic mass is 9.96. The molecule has 1 aromatic heterocycles. The van der Waals surface area contributed by atoms with Crippen molar-refractivity contribution >= 4 is 17.7 Å². The zero-order valence-electron chi connectivity index (χ0n) is 13.1. The minimum atomic E-state index is -0.0575. The first-order valence-electron chi connectivity index (χ1n) is 8.23. The standard InChI is InChI=1S/C17H28N2OS/c1-21-14-11-16(19-12-7-8-13-19)17(20)18-15-9-5-3-2-4-6-10-15/h7-8,12-13,15-16H,2-6,9-11,14H2,1H3,(H,18,20)/t16-/m1/s1. The molecule has 1 amide bonds. The number of nitrogens with zero attached hydrogens (tertiary/aromatic N) is 1. The van der Waals surface area contributed by atoms with E-state index in [2.05, 4.69) is 16.1 Å². The Morgan fingerprint density at radius 1 is 1.19 bits per heavy atom. The van der Waals surface area contributed by atoms with E-state index in [1.807, 2.05) is 24.5 Å². The van der Waals surface area contributed by atoms with Crippen molar-refractivity contribution in [1.82, 2.24) is 9.88 Å². The minimum Gasteiger partial charge on any atom is -0.352 e. The van der Waals surface area contributed by atoms with Gasteiger partial charge in [0.2, 0.25) is 5.91 Å². The van der Waals surface area contributed by atoms with Gasteiger partial charge in [0, 0.05) is 18.4 Å². The minimum absolute atomic E-state index is 0.0575. The van der Waals surface area contributed by atoms with Gasteiger partial charge in [0.25, 0.3) is 0 Å². The molecule has 0 saturated heterocycles. The molecule has 0 radical (unpaired) electrons. The van der Waals surface area contributed by atoms with Gasteiger partial charge in [0.1, 0.15) is 6.04 Å². The lowest BCUT2D eigenvalue weighted by Crippen LogP contribution is -2.40. The van der Waals surface area contributed by atoms with Crippen molar-refractivity contribution in [3.63, 3.8) is 0 Å². The van der Waals surface area contributed by atoms with Gasteiger partial charge in [-0.3, -0.25) is 4.79 Å². The molecule has 1 fully saturated rings. The summed E-state index contributed by atoms with van der Waals surface area (Å²) in [4.78, 5) is 12.7. The van der Waals surface area contributed by atoms with Crippen LogP contribution in [0.2, 0.25) is 0 Å². The van der Waals surface area contributed by atoms with Crippen LogP contribution in [0.1, 0.15) is 57.4 Å². The zero-order valence-corrected chi connectivity index (χ0v) is 13.9. The van der Waals surface area contributed by atoms with Gasteiger partial charge in [-0.25, -0.2) is 0 Å². The Balaban J connectivity index is 1.93.